The van der Waals surface area contributed by atoms with Crippen molar-refractivity contribution in [3.63, 3.8) is 0 Å². The molecule has 0 saturated carbocycles. The van der Waals surface area contributed by atoms with Crippen LogP contribution in [-0.4, -0.2) is 13.1 Å². The number of rotatable bonds is 0. The number of nitrogens with one attached hydrogen (secondary N) is 1. The fourth-order valence-corrected chi connectivity index (χ4v) is 3.03. The molecule has 1 aliphatic heterocycles. The third-order valence-corrected chi connectivity index (χ3v) is 3.82. The van der Waals surface area contributed by atoms with E-state index in [0.29, 0.717) is 5.92 Å². The number of terminal acetylenes is 1. The van der Waals surface area contributed by atoms with Crippen LogP contribution < -0.4 is 5.32 Å². The zero-order chi connectivity index (χ0) is 10.4. The fraction of sp³-hybridized carbons (Fsp3) is 0.429. The summed E-state index contributed by atoms with van der Waals surface area (Å²) < 4.78 is 0. The maximum Gasteiger partial charge on any atom is 0.0274 e. The Kier molecular flexibility index (Phi) is 1.87. The molecule has 0 radical (unpaired) electrons. The van der Waals surface area contributed by atoms with E-state index in [1.807, 2.05) is 0 Å². The highest BCUT2D eigenvalue weighted by Gasteiger charge is 2.34. The quantitative estimate of drug-likeness (QED) is 0.628. The standard InChI is InChI=1S/C14H15N/c1-3-10-6-14-12-5-11(7-15-8-12)13(14)4-9(10)2/h1,4,6,11-12,15H,5,7-8H2,2H3. The third-order valence-electron chi connectivity index (χ3n) is 3.82. The highest BCUT2D eigenvalue weighted by atomic mass is 14.9. The highest BCUT2D eigenvalue weighted by Crippen LogP contribution is 2.44. The van der Waals surface area contributed by atoms with Crippen LogP contribution in [0.3, 0.4) is 0 Å². The molecule has 0 spiro atoms. The van der Waals surface area contributed by atoms with Gasteiger partial charge in [0.1, 0.15) is 0 Å². The summed E-state index contributed by atoms with van der Waals surface area (Å²) in [7, 11) is 0. The number of benzene rings is 1. The predicted octanol–water partition coefficient (Wildman–Crippen LogP) is 2.15. The van der Waals surface area contributed by atoms with Crippen LogP contribution in [0.5, 0.6) is 0 Å². The van der Waals surface area contributed by atoms with Gasteiger partial charge in [-0.3, -0.25) is 0 Å². The van der Waals surface area contributed by atoms with E-state index >= 15 is 0 Å². The van der Waals surface area contributed by atoms with Gasteiger partial charge in [0.25, 0.3) is 0 Å². The Morgan fingerprint density at radius 2 is 1.93 bits per heavy atom. The lowest BCUT2D eigenvalue weighted by atomic mass is 9.96. The first kappa shape index (κ1) is 9.00. The summed E-state index contributed by atoms with van der Waals surface area (Å²) in [5.41, 5.74) is 5.37. The summed E-state index contributed by atoms with van der Waals surface area (Å²) in [6.45, 7) is 4.38. The van der Waals surface area contributed by atoms with Crippen molar-refractivity contribution in [1.82, 2.24) is 5.32 Å². The average Bonchev–Trinajstić information content (AvgIpc) is 2.50. The zero-order valence-electron chi connectivity index (χ0n) is 9.01. The van der Waals surface area contributed by atoms with E-state index in [1.165, 1.54) is 17.5 Å². The van der Waals surface area contributed by atoms with Crippen molar-refractivity contribution >= 4 is 0 Å². The molecule has 2 bridgehead atoms. The normalized spacial score (nSPS) is 27.2. The van der Waals surface area contributed by atoms with E-state index in [4.69, 9.17) is 6.42 Å². The maximum absolute atomic E-state index is 5.52. The second-order valence-electron chi connectivity index (χ2n) is 4.73. The van der Waals surface area contributed by atoms with E-state index in [-0.39, 0.29) is 0 Å². The molecule has 2 aliphatic rings. The molecular weight excluding hydrogens is 182 g/mol. The predicted molar refractivity (Wildman–Crippen MR) is 62.1 cm³/mol. The lowest BCUT2D eigenvalue weighted by Crippen LogP contribution is -2.28. The lowest BCUT2D eigenvalue weighted by Gasteiger charge is -2.19. The molecule has 0 amide bonds. The van der Waals surface area contributed by atoms with Crippen molar-refractivity contribution in [1.29, 1.82) is 0 Å². The zero-order valence-corrected chi connectivity index (χ0v) is 9.01. The van der Waals surface area contributed by atoms with Crippen LogP contribution in [0.25, 0.3) is 0 Å². The lowest BCUT2D eigenvalue weighted by molar-refractivity contribution is 0.454. The van der Waals surface area contributed by atoms with E-state index in [9.17, 15) is 0 Å². The van der Waals surface area contributed by atoms with E-state index in [0.717, 1.165) is 24.6 Å². The van der Waals surface area contributed by atoms with Crippen molar-refractivity contribution in [3.05, 3.63) is 34.4 Å². The first-order valence-corrected chi connectivity index (χ1v) is 5.61. The minimum atomic E-state index is 0.700. The molecule has 1 nitrogen and oxygen atoms in total. The van der Waals surface area contributed by atoms with Gasteiger partial charge < -0.3 is 5.32 Å². The molecule has 1 saturated heterocycles. The van der Waals surface area contributed by atoms with E-state index < -0.39 is 0 Å². The maximum atomic E-state index is 5.52. The van der Waals surface area contributed by atoms with Gasteiger partial charge in [-0.05, 0) is 47.9 Å². The summed E-state index contributed by atoms with van der Waals surface area (Å²) in [6.07, 6.45) is 6.83. The van der Waals surface area contributed by atoms with E-state index in [2.05, 4.69) is 30.3 Å². The van der Waals surface area contributed by atoms with Crippen LogP contribution in [0.1, 0.15) is 40.5 Å². The van der Waals surface area contributed by atoms with Gasteiger partial charge in [0, 0.05) is 18.7 Å². The second-order valence-corrected chi connectivity index (χ2v) is 4.73. The Bertz CT molecular complexity index is 453. The Morgan fingerprint density at radius 3 is 2.60 bits per heavy atom. The molecule has 2 unspecified atom stereocenters. The van der Waals surface area contributed by atoms with Crippen LogP contribution in [0.15, 0.2) is 12.1 Å². The number of hydrogen-bond acceptors (Lipinski definition) is 1. The highest BCUT2D eigenvalue weighted by molar-refractivity contribution is 5.51. The Morgan fingerprint density at radius 1 is 1.27 bits per heavy atom. The van der Waals surface area contributed by atoms with Crippen LogP contribution in [0.2, 0.25) is 0 Å². The minimum absolute atomic E-state index is 0.700. The molecule has 1 N–H and O–H groups in total. The topological polar surface area (TPSA) is 12.0 Å². The van der Waals surface area contributed by atoms with Gasteiger partial charge in [-0.1, -0.05) is 12.0 Å². The van der Waals surface area contributed by atoms with Gasteiger partial charge in [0.2, 0.25) is 0 Å². The summed E-state index contributed by atoms with van der Waals surface area (Å²) in [5, 5.41) is 3.50. The molecule has 1 aromatic carbocycles. The largest absolute Gasteiger partial charge is 0.316 e. The molecule has 1 aromatic rings. The number of fused-ring (bicyclic) bond motifs is 5. The minimum Gasteiger partial charge on any atom is -0.316 e. The molecule has 15 heavy (non-hydrogen) atoms. The van der Waals surface area contributed by atoms with Gasteiger partial charge in [-0.25, -0.2) is 0 Å². The first-order valence-electron chi connectivity index (χ1n) is 5.61. The molecular formula is C14H15N. The molecule has 3 rings (SSSR count). The summed E-state index contributed by atoms with van der Waals surface area (Å²) in [6, 6.07) is 4.55. The fourth-order valence-electron chi connectivity index (χ4n) is 3.03. The third kappa shape index (κ3) is 1.22. The van der Waals surface area contributed by atoms with Gasteiger partial charge in [0.15, 0.2) is 0 Å². The Labute approximate surface area is 90.9 Å². The monoisotopic (exact) mass is 197 g/mol. The van der Waals surface area contributed by atoms with E-state index in [1.54, 1.807) is 5.56 Å². The number of piperidine rings is 1. The Balaban J connectivity index is 2.18. The molecule has 0 aromatic heterocycles. The molecule has 2 atom stereocenters. The smallest absolute Gasteiger partial charge is 0.0274 e. The summed E-state index contributed by atoms with van der Waals surface area (Å²) in [4.78, 5) is 0. The van der Waals surface area contributed by atoms with Gasteiger partial charge in [-0.2, -0.15) is 0 Å². The second kappa shape index (κ2) is 3.12. The molecule has 1 heterocycles. The SMILES string of the molecule is C#Cc1cc2c(cc1C)C1CNCC2C1. The number of aryl methyl sites for hydroxylation is 1. The molecule has 1 heteroatoms. The Hall–Kier alpha value is -1.26. The van der Waals surface area contributed by atoms with Crippen LogP contribution in [0.4, 0.5) is 0 Å². The summed E-state index contributed by atoms with van der Waals surface area (Å²) in [5.74, 6) is 4.21. The molecule has 1 aliphatic carbocycles. The molecule has 1 fully saturated rings. The van der Waals surface area contributed by atoms with Crippen molar-refractivity contribution in [2.24, 2.45) is 0 Å². The van der Waals surface area contributed by atoms with Crippen LogP contribution in [0, 0.1) is 19.3 Å². The summed E-state index contributed by atoms with van der Waals surface area (Å²) >= 11 is 0. The van der Waals surface area contributed by atoms with Gasteiger partial charge in [-0.15, -0.1) is 6.42 Å². The van der Waals surface area contributed by atoms with Crippen molar-refractivity contribution < 1.29 is 0 Å². The first-order chi connectivity index (χ1) is 7.29. The van der Waals surface area contributed by atoms with Crippen LogP contribution in [-0.2, 0) is 0 Å². The average molecular weight is 197 g/mol. The molecule has 76 valence electrons. The van der Waals surface area contributed by atoms with Gasteiger partial charge in [0.05, 0.1) is 0 Å². The van der Waals surface area contributed by atoms with Gasteiger partial charge >= 0.3 is 0 Å². The van der Waals surface area contributed by atoms with Crippen molar-refractivity contribution in [2.75, 3.05) is 13.1 Å². The van der Waals surface area contributed by atoms with Crippen molar-refractivity contribution in [2.45, 2.75) is 25.2 Å². The van der Waals surface area contributed by atoms with Crippen molar-refractivity contribution in [3.8, 4) is 12.3 Å². The van der Waals surface area contributed by atoms with Crippen LogP contribution >= 0.6 is 0 Å². The number of hydrogen-bond donors (Lipinski definition) is 1.